The van der Waals surface area contributed by atoms with Gasteiger partial charge in [0.15, 0.2) is 0 Å². The summed E-state index contributed by atoms with van der Waals surface area (Å²) in [7, 11) is 0. The van der Waals surface area contributed by atoms with Gasteiger partial charge in [-0.2, -0.15) is 0 Å². The van der Waals surface area contributed by atoms with Crippen molar-refractivity contribution in [2.24, 2.45) is 5.41 Å². The Morgan fingerprint density at radius 1 is 1.27 bits per heavy atom. The molecule has 2 heteroatoms. The average molecular weight is 223 g/mol. The molecule has 2 heterocycles. The van der Waals surface area contributed by atoms with Crippen LogP contribution in [0.25, 0.3) is 0 Å². The largest absolute Gasteiger partial charge is 0.316 e. The third-order valence-electron chi connectivity index (χ3n) is 3.40. The van der Waals surface area contributed by atoms with Crippen molar-refractivity contribution in [3.8, 4) is 0 Å². The molecule has 1 aliphatic rings. The third kappa shape index (κ3) is 2.43. The van der Waals surface area contributed by atoms with Crippen molar-refractivity contribution < 1.29 is 0 Å². The highest BCUT2D eigenvalue weighted by Gasteiger charge is 2.36. The summed E-state index contributed by atoms with van der Waals surface area (Å²) in [6.07, 6.45) is 5.16. The zero-order chi connectivity index (χ0) is 10.7. The predicted octanol–water partition coefficient (Wildman–Crippen LogP) is 3.24. The molecule has 0 atom stereocenters. The number of hydrogen-bond acceptors (Lipinski definition) is 2. The van der Waals surface area contributed by atoms with Crippen LogP contribution >= 0.6 is 11.3 Å². The Kier molecular flexibility index (Phi) is 3.47. The van der Waals surface area contributed by atoms with Gasteiger partial charge in [0.2, 0.25) is 0 Å². The van der Waals surface area contributed by atoms with Crippen LogP contribution in [-0.4, -0.2) is 13.1 Å². The van der Waals surface area contributed by atoms with Crippen LogP contribution in [0.5, 0.6) is 0 Å². The van der Waals surface area contributed by atoms with E-state index in [0.29, 0.717) is 5.41 Å². The summed E-state index contributed by atoms with van der Waals surface area (Å²) in [6, 6.07) is 4.63. The topological polar surface area (TPSA) is 12.0 Å². The molecule has 0 radical (unpaired) electrons. The molecule has 0 bridgehead atoms. The van der Waals surface area contributed by atoms with Crippen LogP contribution in [0.4, 0.5) is 0 Å². The average Bonchev–Trinajstić information content (AvgIpc) is 2.62. The Labute approximate surface area is 96.9 Å². The van der Waals surface area contributed by atoms with Crippen molar-refractivity contribution >= 4 is 11.3 Å². The van der Waals surface area contributed by atoms with Gasteiger partial charge in [0.25, 0.3) is 0 Å². The molecule has 2 rings (SSSR count). The molecule has 0 unspecified atom stereocenters. The molecule has 1 aromatic heterocycles. The Balaban J connectivity index is 1.99. The van der Waals surface area contributed by atoms with Crippen LogP contribution in [0.3, 0.4) is 0 Å². The van der Waals surface area contributed by atoms with Crippen molar-refractivity contribution in [1.82, 2.24) is 5.32 Å². The lowest BCUT2D eigenvalue weighted by molar-refractivity contribution is 0.152. The van der Waals surface area contributed by atoms with E-state index in [1.54, 1.807) is 4.88 Å². The molecule has 0 aliphatic carbocycles. The molecule has 0 aromatic carbocycles. The molecule has 0 spiro atoms. The highest BCUT2D eigenvalue weighted by Crippen LogP contribution is 2.34. The van der Waals surface area contributed by atoms with E-state index in [9.17, 15) is 0 Å². The number of aryl methyl sites for hydroxylation is 1. The van der Waals surface area contributed by atoms with Crippen molar-refractivity contribution in [2.75, 3.05) is 13.1 Å². The fourth-order valence-corrected chi connectivity index (χ4v) is 3.61. The van der Waals surface area contributed by atoms with Crippen molar-refractivity contribution in [3.05, 3.63) is 21.9 Å². The minimum atomic E-state index is 0.588. The second-order valence-corrected chi connectivity index (χ2v) is 6.00. The molecule has 84 valence electrons. The SMILES string of the molecule is CCCC1(Cc2ccc(CC)s2)CNC1. The fourth-order valence-electron chi connectivity index (χ4n) is 2.48. The molecule has 15 heavy (non-hydrogen) atoms. The molecule has 1 aliphatic heterocycles. The summed E-state index contributed by atoms with van der Waals surface area (Å²) in [5.74, 6) is 0. The standard InChI is InChI=1S/C13H21NS/c1-3-7-13(9-14-10-13)8-12-6-5-11(4-2)15-12/h5-6,14H,3-4,7-10H2,1-2H3. The van der Waals surface area contributed by atoms with E-state index in [1.165, 1.54) is 43.6 Å². The van der Waals surface area contributed by atoms with E-state index < -0.39 is 0 Å². The second kappa shape index (κ2) is 4.67. The summed E-state index contributed by atoms with van der Waals surface area (Å²) >= 11 is 2.01. The van der Waals surface area contributed by atoms with Gasteiger partial charge in [-0.1, -0.05) is 20.3 Å². The van der Waals surface area contributed by atoms with Crippen LogP contribution in [0.2, 0.25) is 0 Å². The first-order valence-corrected chi connectivity index (χ1v) is 6.88. The maximum absolute atomic E-state index is 3.43. The van der Waals surface area contributed by atoms with E-state index in [-0.39, 0.29) is 0 Å². The smallest absolute Gasteiger partial charge is 0.00546 e. The number of thiophene rings is 1. The maximum atomic E-state index is 3.43. The number of hydrogen-bond donors (Lipinski definition) is 1. The number of nitrogens with one attached hydrogen (secondary N) is 1. The first kappa shape index (κ1) is 11.2. The van der Waals surface area contributed by atoms with E-state index in [0.717, 1.165) is 0 Å². The van der Waals surface area contributed by atoms with Crippen molar-refractivity contribution in [1.29, 1.82) is 0 Å². The molecular weight excluding hydrogens is 202 g/mol. The number of rotatable bonds is 5. The molecule has 1 nitrogen and oxygen atoms in total. The summed E-state index contributed by atoms with van der Waals surface area (Å²) < 4.78 is 0. The Bertz CT molecular complexity index is 312. The molecule has 1 aromatic rings. The van der Waals surface area contributed by atoms with E-state index in [1.807, 2.05) is 11.3 Å². The molecule has 1 fully saturated rings. The van der Waals surface area contributed by atoms with Gasteiger partial charge in [0, 0.05) is 28.3 Å². The highest BCUT2D eigenvalue weighted by atomic mass is 32.1. The highest BCUT2D eigenvalue weighted by molar-refractivity contribution is 7.11. The minimum Gasteiger partial charge on any atom is -0.316 e. The monoisotopic (exact) mass is 223 g/mol. The first-order valence-electron chi connectivity index (χ1n) is 6.06. The van der Waals surface area contributed by atoms with Crippen LogP contribution < -0.4 is 5.32 Å². The normalized spacial score (nSPS) is 18.8. The summed E-state index contributed by atoms with van der Waals surface area (Å²) in [5.41, 5.74) is 0.588. The lowest BCUT2D eigenvalue weighted by Gasteiger charge is -2.42. The Morgan fingerprint density at radius 3 is 2.47 bits per heavy atom. The van der Waals surface area contributed by atoms with Gasteiger partial charge in [-0.05, 0) is 31.4 Å². The van der Waals surface area contributed by atoms with Gasteiger partial charge in [-0.25, -0.2) is 0 Å². The Hall–Kier alpha value is -0.340. The van der Waals surface area contributed by atoms with E-state index in [4.69, 9.17) is 0 Å². The summed E-state index contributed by atoms with van der Waals surface area (Å²) in [4.78, 5) is 3.12. The van der Waals surface area contributed by atoms with E-state index in [2.05, 4.69) is 31.3 Å². The van der Waals surface area contributed by atoms with Crippen LogP contribution in [0.15, 0.2) is 12.1 Å². The van der Waals surface area contributed by atoms with Gasteiger partial charge >= 0.3 is 0 Å². The van der Waals surface area contributed by atoms with E-state index >= 15 is 0 Å². The van der Waals surface area contributed by atoms with Crippen LogP contribution in [0, 0.1) is 5.41 Å². The predicted molar refractivity (Wildman–Crippen MR) is 67.6 cm³/mol. The van der Waals surface area contributed by atoms with Gasteiger partial charge in [-0.15, -0.1) is 11.3 Å². The van der Waals surface area contributed by atoms with Crippen molar-refractivity contribution in [2.45, 2.75) is 39.5 Å². The zero-order valence-electron chi connectivity index (χ0n) is 9.81. The van der Waals surface area contributed by atoms with Crippen molar-refractivity contribution in [3.63, 3.8) is 0 Å². The first-order chi connectivity index (χ1) is 7.28. The quantitative estimate of drug-likeness (QED) is 0.808. The van der Waals surface area contributed by atoms with Crippen LogP contribution in [-0.2, 0) is 12.8 Å². The summed E-state index contributed by atoms with van der Waals surface area (Å²) in [6.45, 7) is 6.98. The molecular formula is C13H21NS. The summed E-state index contributed by atoms with van der Waals surface area (Å²) in [5, 5.41) is 3.43. The third-order valence-corrected chi connectivity index (χ3v) is 4.62. The van der Waals surface area contributed by atoms with Gasteiger partial charge in [0.1, 0.15) is 0 Å². The van der Waals surface area contributed by atoms with Crippen LogP contribution in [0.1, 0.15) is 36.4 Å². The lowest BCUT2D eigenvalue weighted by atomic mass is 9.74. The molecule has 0 amide bonds. The fraction of sp³-hybridized carbons (Fsp3) is 0.692. The maximum Gasteiger partial charge on any atom is 0.00546 e. The second-order valence-electron chi connectivity index (χ2n) is 4.75. The van der Waals surface area contributed by atoms with Gasteiger partial charge < -0.3 is 5.32 Å². The Morgan fingerprint density at radius 2 is 2.00 bits per heavy atom. The van der Waals surface area contributed by atoms with Gasteiger partial charge in [0.05, 0.1) is 0 Å². The molecule has 0 saturated carbocycles. The molecule has 1 N–H and O–H groups in total. The lowest BCUT2D eigenvalue weighted by Crippen LogP contribution is -2.54. The molecule has 1 saturated heterocycles. The zero-order valence-corrected chi connectivity index (χ0v) is 10.6. The minimum absolute atomic E-state index is 0.588. The van der Waals surface area contributed by atoms with Gasteiger partial charge in [-0.3, -0.25) is 0 Å².